The highest BCUT2D eigenvalue weighted by Crippen LogP contribution is 2.31. The first-order chi connectivity index (χ1) is 8.60. The molecule has 0 saturated heterocycles. The molecule has 2 aromatic carbocycles. The van der Waals surface area contributed by atoms with Crippen molar-refractivity contribution in [2.45, 2.75) is 13.5 Å². The molecule has 0 aromatic heterocycles. The van der Waals surface area contributed by atoms with Gasteiger partial charge < -0.3 is 10.5 Å². The molecule has 0 fully saturated rings. The Kier molecular flexibility index (Phi) is 4.12. The number of nitrogens with two attached hydrogens (primary N) is 1. The average molecular weight is 282 g/mol. The molecule has 4 heteroatoms. The lowest BCUT2D eigenvalue weighted by Gasteiger charge is -2.12. The summed E-state index contributed by atoms with van der Waals surface area (Å²) >= 11 is 11.9. The highest BCUT2D eigenvalue weighted by molar-refractivity contribution is 6.31. The van der Waals surface area contributed by atoms with Crippen molar-refractivity contribution in [1.29, 1.82) is 0 Å². The molecule has 2 aromatic rings. The van der Waals surface area contributed by atoms with Crippen molar-refractivity contribution in [3.8, 4) is 11.5 Å². The number of hydrogen-bond acceptors (Lipinski definition) is 2. The molecule has 0 aliphatic heterocycles. The van der Waals surface area contributed by atoms with Gasteiger partial charge in [-0.3, -0.25) is 0 Å². The second-order valence-electron chi connectivity index (χ2n) is 3.97. The summed E-state index contributed by atoms with van der Waals surface area (Å²) in [7, 11) is 0. The topological polar surface area (TPSA) is 35.2 Å². The van der Waals surface area contributed by atoms with Crippen molar-refractivity contribution in [2.75, 3.05) is 0 Å². The molecule has 0 aliphatic carbocycles. The zero-order valence-electron chi connectivity index (χ0n) is 9.91. The van der Waals surface area contributed by atoms with Crippen LogP contribution in [0.1, 0.15) is 11.1 Å². The first kappa shape index (κ1) is 13.2. The summed E-state index contributed by atoms with van der Waals surface area (Å²) in [6, 6.07) is 10.9. The van der Waals surface area contributed by atoms with E-state index in [0.29, 0.717) is 28.1 Å². The van der Waals surface area contributed by atoms with E-state index in [9.17, 15) is 0 Å². The van der Waals surface area contributed by atoms with Gasteiger partial charge in [0.1, 0.15) is 11.5 Å². The van der Waals surface area contributed by atoms with Crippen LogP contribution >= 0.6 is 23.2 Å². The van der Waals surface area contributed by atoms with Gasteiger partial charge >= 0.3 is 0 Å². The van der Waals surface area contributed by atoms with E-state index in [1.54, 1.807) is 18.2 Å². The summed E-state index contributed by atoms with van der Waals surface area (Å²) in [5.41, 5.74) is 7.58. The molecule has 0 spiro atoms. The molecular formula is C14H13Cl2NO. The summed E-state index contributed by atoms with van der Waals surface area (Å²) in [5, 5.41) is 1.24. The Hall–Kier alpha value is -1.22. The summed E-state index contributed by atoms with van der Waals surface area (Å²) in [5.74, 6) is 1.37. The Morgan fingerprint density at radius 1 is 1.00 bits per heavy atom. The first-order valence-corrected chi connectivity index (χ1v) is 6.28. The van der Waals surface area contributed by atoms with Crippen LogP contribution in [0.15, 0.2) is 36.4 Å². The van der Waals surface area contributed by atoms with Crippen molar-refractivity contribution in [3.63, 3.8) is 0 Å². The minimum absolute atomic E-state index is 0.395. The standard InChI is InChI=1S/C14H13Cl2NO/c1-9-2-4-11(15)6-13(9)18-14-7-12(16)5-3-10(14)8-17/h2-7H,8,17H2,1H3. The molecule has 0 amide bonds. The number of aryl methyl sites for hydroxylation is 1. The monoisotopic (exact) mass is 281 g/mol. The van der Waals surface area contributed by atoms with Crippen LogP contribution in [0.2, 0.25) is 10.0 Å². The van der Waals surface area contributed by atoms with Crippen molar-refractivity contribution in [2.24, 2.45) is 5.73 Å². The van der Waals surface area contributed by atoms with E-state index in [1.807, 2.05) is 25.1 Å². The molecule has 2 rings (SSSR count). The summed E-state index contributed by atoms with van der Waals surface area (Å²) in [6.07, 6.45) is 0. The molecule has 18 heavy (non-hydrogen) atoms. The van der Waals surface area contributed by atoms with Gasteiger partial charge in [0.25, 0.3) is 0 Å². The van der Waals surface area contributed by atoms with Crippen molar-refractivity contribution in [3.05, 3.63) is 57.6 Å². The van der Waals surface area contributed by atoms with Gasteiger partial charge in [0, 0.05) is 22.2 Å². The Labute approximate surface area is 116 Å². The van der Waals surface area contributed by atoms with Gasteiger partial charge in [0.05, 0.1) is 0 Å². The van der Waals surface area contributed by atoms with Crippen molar-refractivity contribution in [1.82, 2.24) is 0 Å². The average Bonchev–Trinajstić information content (AvgIpc) is 2.34. The summed E-state index contributed by atoms with van der Waals surface area (Å²) in [6.45, 7) is 2.35. The largest absolute Gasteiger partial charge is 0.457 e. The molecule has 0 heterocycles. The number of ether oxygens (including phenoxy) is 1. The molecular weight excluding hydrogens is 269 g/mol. The molecule has 2 nitrogen and oxygen atoms in total. The lowest BCUT2D eigenvalue weighted by molar-refractivity contribution is 0.473. The predicted octanol–water partition coefficient (Wildman–Crippen LogP) is 4.55. The van der Waals surface area contributed by atoms with E-state index < -0.39 is 0 Å². The van der Waals surface area contributed by atoms with E-state index in [-0.39, 0.29) is 0 Å². The molecule has 0 atom stereocenters. The van der Waals surface area contributed by atoms with Gasteiger partial charge in [-0.25, -0.2) is 0 Å². The van der Waals surface area contributed by atoms with Gasteiger partial charge in [0.2, 0.25) is 0 Å². The number of hydrogen-bond donors (Lipinski definition) is 1. The Morgan fingerprint density at radius 2 is 1.61 bits per heavy atom. The molecule has 94 valence electrons. The van der Waals surface area contributed by atoms with Gasteiger partial charge in [-0.15, -0.1) is 0 Å². The Morgan fingerprint density at radius 3 is 2.28 bits per heavy atom. The maximum atomic E-state index is 5.96. The molecule has 0 unspecified atom stereocenters. The summed E-state index contributed by atoms with van der Waals surface area (Å²) in [4.78, 5) is 0. The third-order valence-corrected chi connectivity index (χ3v) is 3.09. The van der Waals surface area contributed by atoms with E-state index >= 15 is 0 Å². The minimum atomic E-state index is 0.395. The number of benzene rings is 2. The minimum Gasteiger partial charge on any atom is -0.457 e. The van der Waals surface area contributed by atoms with Crippen LogP contribution in [0.5, 0.6) is 11.5 Å². The van der Waals surface area contributed by atoms with E-state index in [1.165, 1.54) is 0 Å². The normalized spacial score (nSPS) is 10.4. The van der Waals surface area contributed by atoms with Crippen LogP contribution in [0.4, 0.5) is 0 Å². The molecule has 0 bridgehead atoms. The molecule has 0 radical (unpaired) electrons. The second kappa shape index (κ2) is 5.61. The van der Waals surface area contributed by atoms with Crippen LogP contribution in [-0.4, -0.2) is 0 Å². The highest BCUT2D eigenvalue weighted by Gasteiger charge is 2.07. The van der Waals surface area contributed by atoms with E-state index in [0.717, 1.165) is 11.1 Å². The smallest absolute Gasteiger partial charge is 0.133 e. The Balaban J connectivity index is 2.38. The quantitative estimate of drug-likeness (QED) is 0.896. The maximum Gasteiger partial charge on any atom is 0.133 e. The highest BCUT2D eigenvalue weighted by atomic mass is 35.5. The number of rotatable bonds is 3. The van der Waals surface area contributed by atoms with Gasteiger partial charge in [-0.05, 0) is 36.8 Å². The second-order valence-corrected chi connectivity index (χ2v) is 4.84. The predicted molar refractivity (Wildman–Crippen MR) is 75.6 cm³/mol. The molecule has 0 aliphatic rings. The van der Waals surface area contributed by atoms with Gasteiger partial charge in [-0.2, -0.15) is 0 Å². The van der Waals surface area contributed by atoms with Crippen molar-refractivity contribution >= 4 is 23.2 Å². The van der Waals surface area contributed by atoms with Crippen LogP contribution in [0.25, 0.3) is 0 Å². The van der Waals surface area contributed by atoms with Crippen molar-refractivity contribution < 1.29 is 4.74 Å². The van der Waals surface area contributed by atoms with Crippen LogP contribution in [0.3, 0.4) is 0 Å². The van der Waals surface area contributed by atoms with E-state index in [4.69, 9.17) is 33.7 Å². The summed E-state index contributed by atoms with van der Waals surface area (Å²) < 4.78 is 5.84. The van der Waals surface area contributed by atoms with Crippen LogP contribution in [-0.2, 0) is 6.54 Å². The SMILES string of the molecule is Cc1ccc(Cl)cc1Oc1cc(Cl)ccc1CN. The third kappa shape index (κ3) is 2.96. The first-order valence-electron chi connectivity index (χ1n) is 5.52. The van der Waals surface area contributed by atoms with Crippen LogP contribution in [0, 0.1) is 6.92 Å². The Bertz CT molecular complexity index is 570. The lowest BCUT2D eigenvalue weighted by atomic mass is 10.2. The van der Waals surface area contributed by atoms with Gasteiger partial charge in [-0.1, -0.05) is 35.3 Å². The van der Waals surface area contributed by atoms with Gasteiger partial charge in [0.15, 0.2) is 0 Å². The maximum absolute atomic E-state index is 5.96. The zero-order chi connectivity index (χ0) is 13.1. The van der Waals surface area contributed by atoms with Crippen LogP contribution < -0.4 is 10.5 Å². The molecule has 2 N–H and O–H groups in total. The third-order valence-electron chi connectivity index (χ3n) is 2.62. The zero-order valence-corrected chi connectivity index (χ0v) is 11.4. The fourth-order valence-electron chi connectivity index (χ4n) is 1.59. The van der Waals surface area contributed by atoms with E-state index in [2.05, 4.69) is 0 Å². The lowest BCUT2D eigenvalue weighted by Crippen LogP contribution is -1.99. The fourth-order valence-corrected chi connectivity index (χ4v) is 1.92. The number of halogens is 2. The fraction of sp³-hybridized carbons (Fsp3) is 0.143. The molecule has 0 saturated carbocycles.